The van der Waals surface area contributed by atoms with E-state index in [2.05, 4.69) is 15.4 Å². The number of pyridine rings is 1. The average Bonchev–Trinajstić information content (AvgIpc) is 3.09. The molecule has 2 aromatic carbocycles. The van der Waals surface area contributed by atoms with E-state index in [1.807, 2.05) is 80.6 Å². The van der Waals surface area contributed by atoms with Gasteiger partial charge in [0.05, 0.1) is 29.0 Å². The van der Waals surface area contributed by atoms with Crippen LogP contribution in [-0.4, -0.2) is 20.7 Å². The summed E-state index contributed by atoms with van der Waals surface area (Å²) in [5, 5.41) is 8.49. The maximum Gasteiger partial charge on any atom is 0.255 e. The molecule has 1 unspecified atom stereocenters. The Bertz CT molecular complexity index is 1100. The smallest absolute Gasteiger partial charge is 0.255 e. The third kappa shape index (κ3) is 3.31. The van der Waals surface area contributed by atoms with E-state index in [9.17, 15) is 4.79 Å². The molecule has 0 bridgehead atoms. The third-order valence-electron chi connectivity index (χ3n) is 4.70. The number of fused-ring (bicyclic) bond motifs is 1. The number of carbonyl (C=O) groups excluding carboxylic acids is 1. The largest absolute Gasteiger partial charge is 0.345 e. The quantitative estimate of drug-likeness (QED) is 0.595. The van der Waals surface area contributed by atoms with Gasteiger partial charge in [-0.25, -0.2) is 9.67 Å². The molecule has 0 aliphatic heterocycles. The summed E-state index contributed by atoms with van der Waals surface area (Å²) in [6, 6.07) is 21.7. The van der Waals surface area contributed by atoms with Crippen molar-refractivity contribution in [3.05, 3.63) is 89.7 Å². The normalized spacial score (nSPS) is 12.1. The summed E-state index contributed by atoms with van der Waals surface area (Å²) < 4.78 is 1.70. The van der Waals surface area contributed by atoms with Gasteiger partial charge < -0.3 is 5.32 Å². The van der Waals surface area contributed by atoms with Gasteiger partial charge >= 0.3 is 0 Å². The molecule has 2 heterocycles. The van der Waals surface area contributed by atoms with Gasteiger partial charge in [-0.15, -0.1) is 0 Å². The minimum absolute atomic E-state index is 0.0831. The Kier molecular flexibility index (Phi) is 4.42. The van der Waals surface area contributed by atoms with Crippen LogP contribution in [0, 0.1) is 6.92 Å². The summed E-state index contributed by atoms with van der Waals surface area (Å²) in [7, 11) is 0. The van der Waals surface area contributed by atoms with Crippen molar-refractivity contribution < 1.29 is 4.79 Å². The number of nitrogens with one attached hydrogen (secondary N) is 1. The van der Waals surface area contributed by atoms with Gasteiger partial charge in [-0.3, -0.25) is 4.79 Å². The first-order valence-corrected chi connectivity index (χ1v) is 8.90. The van der Waals surface area contributed by atoms with E-state index in [-0.39, 0.29) is 11.9 Å². The standard InChI is InChI=1S/C22H20N4O/c1-15(17-8-4-3-5-9-17)24-22(27)19-14-23-26(16(19)2)21-13-12-18-10-6-7-11-20(18)25-21/h3-15H,1-2H3,(H,24,27). The minimum atomic E-state index is -0.143. The van der Waals surface area contributed by atoms with E-state index in [4.69, 9.17) is 0 Å². The molecule has 134 valence electrons. The first-order valence-electron chi connectivity index (χ1n) is 8.90. The first-order chi connectivity index (χ1) is 13.1. The number of nitrogens with zero attached hydrogens (tertiary/aromatic N) is 3. The van der Waals surface area contributed by atoms with Crippen molar-refractivity contribution in [1.29, 1.82) is 0 Å². The molecule has 0 radical (unpaired) electrons. The molecule has 0 aliphatic rings. The van der Waals surface area contributed by atoms with Crippen LogP contribution in [0.25, 0.3) is 16.7 Å². The van der Waals surface area contributed by atoms with Crippen LogP contribution in [0.15, 0.2) is 72.9 Å². The van der Waals surface area contributed by atoms with Gasteiger partial charge in [0.15, 0.2) is 5.82 Å². The maximum atomic E-state index is 12.7. The van der Waals surface area contributed by atoms with Crippen molar-refractivity contribution in [2.75, 3.05) is 0 Å². The first kappa shape index (κ1) is 17.0. The van der Waals surface area contributed by atoms with Crippen LogP contribution in [0.1, 0.15) is 34.6 Å². The van der Waals surface area contributed by atoms with E-state index in [0.29, 0.717) is 11.4 Å². The predicted molar refractivity (Wildman–Crippen MR) is 106 cm³/mol. The zero-order chi connectivity index (χ0) is 18.8. The fourth-order valence-corrected chi connectivity index (χ4v) is 3.14. The van der Waals surface area contributed by atoms with Gasteiger partial charge in [-0.05, 0) is 37.6 Å². The van der Waals surface area contributed by atoms with Gasteiger partial charge in [0, 0.05) is 5.39 Å². The number of aromatic nitrogens is 3. The maximum absolute atomic E-state index is 12.7. The van der Waals surface area contributed by atoms with Crippen LogP contribution in [0.5, 0.6) is 0 Å². The molecule has 5 nitrogen and oxygen atoms in total. The van der Waals surface area contributed by atoms with E-state index in [1.54, 1.807) is 10.9 Å². The third-order valence-corrected chi connectivity index (χ3v) is 4.70. The Labute approximate surface area is 157 Å². The van der Waals surface area contributed by atoms with E-state index < -0.39 is 0 Å². The Morgan fingerprint density at radius 2 is 1.74 bits per heavy atom. The van der Waals surface area contributed by atoms with Crippen LogP contribution in [0.2, 0.25) is 0 Å². The van der Waals surface area contributed by atoms with Crippen molar-refractivity contribution in [3.8, 4) is 5.82 Å². The molecular formula is C22H20N4O. The molecule has 5 heteroatoms. The summed E-state index contributed by atoms with van der Waals surface area (Å²) in [5.41, 5.74) is 3.27. The molecule has 4 rings (SSSR count). The highest BCUT2D eigenvalue weighted by atomic mass is 16.1. The summed E-state index contributed by atoms with van der Waals surface area (Å²) in [6.07, 6.45) is 1.60. The van der Waals surface area contributed by atoms with Gasteiger partial charge in [0.25, 0.3) is 5.91 Å². The van der Waals surface area contributed by atoms with Crippen molar-refractivity contribution in [3.63, 3.8) is 0 Å². The second kappa shape index (κ2) is 7.03. The number of hydrogen-bond donors (Lipinski definition) is 1. The summed E-state index contributed by atoms with van der Waals surface area (Å²) in [6.45, 7) is 3.85. The molecule has 0 aliphatic carbocycles. The number of hydrogen-bond acceptors (Lipinski definition) is 3. The number of carbonyl (C=O) groups is 1. The molecule has 0 saturated carbocycles. The fraction of sp³-hybridized carbons (Fsp3) is 0.136. The Morgan fingerprint density at radius 3 is 2.56 bits per heavy atom. The number of para-hydroxylation sites is 1. The average molecular weight is 356 g/mol. The molecule has 27 heavy (non-hydrogen) atoms. The van der Waals surface area contributed by atoms with Gasteiger partial charge in [0.2, 0.25) is 0 Å². The molecule has 0 spiro atoms. The molecule has 2 aromatic heterocycles. The number of rotatable bonds is 4. The number of benzene rings is 2. The summed E-state index contributed by atoms with van der Waals surface area (Å²) in [5.74, 6) is 0.553. The van der Waals surface area contributed by atoms with Crippen LogP contribution in [0.4, 0.5) is 0 Å². The van der Waals surface area contributed by atoms with E-state index in [1.165, 1.54) is 0 Å². The lowest BCUT2D eigenvalue weighted by Gasteiger charge is -2.14. The molecule has 4 aromatic rings. The van der Waals surface area contributed by atoms with Crippen molar-refractivity contribution in [1.82, 2.24) is 20.1 Å². The minimum Gasteiger partial charge on any atom is -0.345 e. The van der Waals surface area contributed by atoms with Crippen molar-refractivity contribution in [2.45, 2.75) is 19.9 Å². The molecule has 1 atom stereocenters. The second-order valence-electron chi connectivity index (χ2n) is 6.52. The fourth-order valence-electron chi connectivity index (χ4n) is 3.14. The second-order valence-corrected chi connectivity index (χ2v) is 6.52. The molecule has 0 saturated heterocycles. The topological polar surface area (TPSA) is 59.8 Å². The van der Waals surface area contributed by atoms with E-state index >= 15 is 0 Å². The lowest BCUT2D eigenvalue weighted by Crippen LogP contribution is -2.27. The van der Waals surface area contributed by atoms with Gasteiger partial charge in [0.1, 0.15) is 0 Å². The highest BCUT2D eigenvalue weighted by Crippen LogP contribution is 2.18. The lowest BCUT2D eigenvalue weighted by molar-refractivity contribution is 0.0939. The zero-order valence-corrected chi connectivity index (χ0v) is 15.3. The molecule has 1 N–H and O–H groups in total. The molecule has 1 amide bonds. The highest BCUT2D eigenvalue weighted by Gasteiger charge is 2.18. The van der Waals surface area contributed by atoms with Crippen LogP contribution in [0.3, 0.4) is 0 Å². The Hall–Kier alpha value is -3.47. The summed E-state index contributed by atoms with van der Waals surface area (Å²) in [4.78, 5) is 17.4. The van der Waals surface area contributed by atoms with Crippen molar-refractivity contribution in [2.24, 2.45) is 0 Å². The lowest BCUT2D eigenvalue weighted by atomic mass is 10.1. The number of amides is 1. The Balaban J connectivity index is 1.60. The van der Waals surface area contributed by atoms with Crippen LogP contribution in [-0.2, 0) is 0 Å². The van der Waals surface area contributed by atoms with Crippen LogP contribution >= 0.6 is 0 Å². The Morgan fingerprint density at radius 1 is 1.00 bits per heavy atom. The van der Waals surface area contributed by atoms with Gasteiger partial charge in [-0.1, -0.05) is 48.5 Å². The SMILES string of the molecule is Cc1c(C(=O)NC(C)c2ccccc2)cnn1-c1ccc2ccccc2n1. The van der Waals surface area contributed by atoms with Crippen molar-refractivity contribution >= 4 is 16.8 Å². The highest BCUT2D eigenvalue weighted by molar-refractivity contribution is 5.95. The van der Waals surface area contributed by atoms with E-state index in [0.717, 1.165) is 22.2 Å². The predicted octanol–water partition coefficient (Wildman–Crippen LogP) is 4.22. The molecular weight excluding hydrogens is 336 g/mol. The van der Waals surface area contributed by atoms with Crippen LogP contribution < -0.4 is 5.32 Å². The zero-order valence-electron chi connectivity index (χ0n) is 15.3. The van der Waals surface area contributed by atoms with Gasteiger partial charge in [-0.2, -0.15) is 5.10 Å². The summed E-state index contributed by atoms with van der Waals surface area (Å²) >= 11 is 0. The monoisotopic (exact) mass is 356 g/mol. The molecule has 0 fully saturated rings.